The molecular formula is C12H9BrF2N2. The Morgan fingerprint density at radius 1 is 1.12 bits per heavy atom. The van der Waals surface area contributed by atoms with Crippen molar-refractivity contribution in [2.75, 3.05) is 0 Å². The van der Waals surface area contributed by atoms with Gasteiger partial charge in [0.25, 0.3) is 0 Å². The molecule has 17 heavy (non-hydrogen) atoms. The lowest BCUT2D eigenvalue weighted by Gasteiger charge is -2.14. The lowest BCUT2D eigenvalue weighted by Crippen LogP contribution is -2.15. The number of pyridine rings is 1. The monoisotopic (exact) mass is 298 g/mol. The van der Waals surface area contributed by atoms with Crippen molar-refractivity contribution in [2.45, 2.75) is 6.04 Å². The van der Waals surface area contributed by atoms with Crippen molar-refractivity contribution in [3.63, 3.8) is 0 Å². The van der Waals surface area contributed by atoms with Crippen molar-refractivity contribution in [1.82, 2.24) is 4.98 Å². The van der Waals surface area contributed by atoms with Gasteiger partial charge in [0.2, 0.25) is 0 Å². The van der Waals surface area contributed by atoms with E-state index in [1.54, 1.807) is 12.1 Å². The Morgan fingerprint density at radius 2 is 1.88 bits per heavy atom. The Hall–Kier alpha value is -1.33. The summed E-state index contributed by atoms with van der Waals surface area (Å²) >= 11 is 3.23. The van der Waals surface area contributed by atoms with Crippen molar-refractivity contribution in [3.05, 3.63) is 63.9 Å². The summed E-state index contributed by atoms with van der Waals surface area (Å²) < 4.78 is 27.8. The Balaban J connectivity index is 2.47. The maximum absolute atomic E-state index is 13.6. The molecule has 2 aromatic rings. The molecule has 1 unspecified atom stereocenters. The molecule has 2 N–H and O–H groups in total. The number of hydrogen-bond acceptors (Lipinski definition) is 2. The third kappa shape index (κ3) is 2.50. The fourth-order valence-corrected chi connectivity index (χ4v) is 1.94. The summed E-state index contributed by atoms with van der Waals surface area (Å²) in [6.45, 7) is 0. The van der Waals surface area contributed by atoms with Crippen LogP contribution in [0.3, 0.4) is 0 Å². The zero-order valence-corrected chi connectivity index (χ0v) is 10.3. The molecule has 0 amide bonds. The molecule has 0 aliphatic rings. The zero-order valence-electron chi connectivity index (χ0n) is 8.70. The molecule has 0 bridgehead atoms. The number of nitrogens with two attached hydrogens (primary N) is 1. The zero-order chi connectivity index (χ0) is 12.4. The van der Waals surface area contributed by atoms with Crippen LogP contribution < -0.4 is 5.73 Å². The molecular weight excluding hydrogens is 290 g/mol. The van der Waals surface area contributed by atoms with E-state index in [4.69, 9.17) is 5.73 Å². The second-order valence-corrected chi connectivity index (χ2v) is 4.46. The summed E-state index contributed by atoms with van der Waals surface area (Å²) in [6.07, 6.45) is 2.49. The van der Waals surface area contributed by atoms with E-state index in [1.807, 2.05) is 0 Å². The molecule has 0 saturated carbocycles. The fourth-order valence-electron chi connectivity index (χ4n) is 1.56. The molecule has 88 valence electrons. The highest BCUT2D eigenvalue weighted by atomic mass is 79.9. The van der Waals surface area contributed by atoms with Crippen molar-refractivity contribution in [1.29, 1.82) is 0 Å². The van der Waals surface area contributed by atoms with Crippen molar-refractivity contribution >= 4 is 15.9 Å². The van der Waals surface area contributed by atoms with Crippen LogP contribution in [-0.4, -0.2) is 4.98 Å². The summed E-state index contributed by atoms with van der Waals surface area (Å²) in [5, 5.41) is 0. The number of aromatic nitrogens is 1. The predicted octanol–water partition coefficient (Wildman–Crippen LogP) is 3.17. The van der Waals surface area contributed by atoms with Gasteiger partial charge < -0.3 is 5.73 Å². The first-order chi connectivity index (χ1) is 8.09. The molecule has 0 radical (unpaired) electrons. The van der Waals surface area contributed by atoms with Crippen LogP contribution in [0.15, 0.2) is 41.1 Å². The van der Waals surface area contributed by atoms with Gasteiger partial charge in [-0.3, -0.25) is 4.98 Å². The van der Waals surface area contributed by atoms with E-state index in [-0.39, 0.29) is 11.1 Å². The van der Waals surface area contributed by atoms with E-state index in [9.17, 15) is 8.78 Å². The molecule has 1 heterocycles. The lowest BCUT2D eigenvalue weighted by atomic mass is 10.00. The third-order valence-corrected chi connectivity index (χ3v) is 2.93. The summed E-state index contributed by atoms with van der Waals surface area (Å²) in [6, 6.07) is 4.99. The number of benzene rings is 1. The summed E-state index contributed by atoms with van der Waals surface area (Å²) in [5.41, 5.74) is 6.32. The van der Waals surface area contributed by atoms with E-state index in [0.717, 1.165) is 6.20 Å². The van der Waals surface area contributed by atoms with Gasteiger partial charge in [-0.05, 0) is 24.3 Å². The first kappa shape index (κ1) is 12.1. The number of hydrogen-bond donors (Lipinski definition) is 1. The average molecular weight is 299 g/mol. The number of halogens is 3. The SMILES string of the molecule is NC(c1ccncc1F)c1cc(Br)ccc1F. The molecule has 0 spiro atoms. The smallest absolute Gasteiger partial charge is 0.146 e. The van der Waals surface area contributed by atoms with E-state index in [0.29, 0.717) is 4.47 Å². The van der Waals surface area contributed by atoms with Crippen molar-refractivity contribution in [2.24, 2.45) is 5.73 Å². The van der Waals surface area contributed by atoms with Crippen LogP contribution in [0.2, 0.25) is 0 Å². The molecule has 1 aromatic heterocycles. The van der Waals surface area contributed by atoms with Gasteiger partial charge in [-0.15, -0.1) is 0 Å². The molecule has 5 heteroatoms. The Bertz CT molecular complexity index is 546. The van der Waals surface area contributed by atoms with Gasteiger partial charge in [0.1, 0.15) is 11.6 Å². The van der Waals surface area contributed by atoms with Gasteiger partial charge in [0, 0.05) is 21.8 Å². The first-order valence-corrected chi connectivity index (χ1v) is 5.69. The minimum absolute atomic E-state index is 0.219. The highest BCUT2D eigenvalue weighted by Crippen LogP contribution is 2.26. The van der Waals surface area contributed by atoms with Gasteiger partial charge in [-0.1, -0.05) is 15.9 Å². The number of rotatable bonds is 2. The number of nitrogens with zero attached hydrogens (tertiary/aromatic N) is 1. The molecule has 0 saturated heterocycles. The third-order valence-electron chi connectivity index (χ3n) is 2.43. The summed E-state index contributed by atoms with van der Waals surface area (Å²) in [7, 11) is 0. The second-order valence-electron chi connectivity index (χ2n) is 3.54. The normalized spacial score (nSPS) is 12.5. The minimum Gasteiger partial charge on any atom is -0.320 e. The van der Waals surface area contributed by atoms with Crippen LogP contribution in [0.25, 0.3) is 0 Å². The van der Waals surface area contributed by atoms with E-state index in [1.165, 1.54) is 18.3 Å². The van der Waals surface area contributed by atoms with E-state index < -0.39 is 17.7 Å². The first-order valence-electron chi connectivity index (χ1n) is 4.89. The molecule has 1 aromatic carbocycles. The van der Waals surface area contributed by atoms with Gasteiger partial charge in [0.05, 0.1) is 12.2 Å². The Labute approximate surface area is 106 Å². The summed E-state index contributed by atoms with van der Waals surface area (Å²) in [4.78, 5) is 3.63. The minimum atomic E-state index is -0.851. The molecule has 0 aliphatic heterocycles. The highest BCUT2D eigenvalue weighted by Gasteiger charge is 2.17. The largest absolute Gasteiger partial charge is 0.320 e. The maximum atomic E-state index is 13.6. The lowest BCUT2D eigenvalue weighted by molar-refractivity contribution is 0.572. The van der Waals surface area contributed by atoms with Gasteiger partial charge >= 0.3 is 0 Å². The Morgan fingerprint density at radius 3 is 2.59 bits per heavy atom. The van der Waals surface area contributed by atoms with Crippen molar-refractivity contribution in [3.8, 4) is 0 Å². The highest BCUT2D eigenvalue weighted by molar-refractivity contribution is 9.10. The molecule has 2 rings (SSSR count). The average Bonchev–Trinajstić information content (AvgIpc) is 2.32. The van der Waals surface area contributed by atoms with Crippen LogP contribution in [0.4, 0.5) is 8.78 Å². The molecule has 1 atom stereocenters. The second kappa shape index (κ2) is 4.89. The van der Waals surface area contributed by atoms with Gasteiger partial charge in [-0.25, -0.2) is 8.78 Å². The Kier molecular flexibility index (Phi) is 3.49. The maximum Gasteiger partial charge on any atom is 0.146 e. The quantitative estimate of drug-likeness (QED) is 0.925. The van der Waals surface area contributed by atoms with E-state index in [2.05, 4.69) is 20.9 Å². The fraction of sp³-hybridized carbons (Fsp3) is 0.0833. The van der Waals surface area contributed by atoms with Crippen LogP contribution >= 0.6 is 15.9 Å². The van der Waals surface area contributed by atoms with Gasteiger partial charge in [0.15, 0.2) is 0 Å². The van der Waals surface area contributed by atoms with Crippen molar-refractivity contribution < 1.29 is 8.78 Å². The van der Waals surface area contributed by atoms with Crippen LogP contribution in [0, 0.1) is 11.6 Å². The van der Waals surface area contributed by atoms with Gasteiger partial charge in [-0.2, -0.15) is 0 Å². The predicted molar refractivity (Wildman–Crippen MR) is 64.3 cm³/mol. The molecule has 0 fully saturated rings. The molecule has 2 nitrogen and oxygen atoms in total. The molecule has 0 aliphatic carbocycles. The van der Waals surface area contributed by atoms with Crippen LogP contribution in [0.1, 0.15) is 17.2 Å². The van der Waals surface area contributed by atoms with Crippen LogP contribution in [0.5, 0.6) is 0 Å². The standard InChI is InChI=1S/C12H9BrF2N2/c13-7-1-2-10(14)9(5-7)12(16)8-3-4-17-6-11(8)15/h1-6,12H,16H2. The van der Waals surface area contributed by atoms with E-state index >= 15 is 0 Å². The summed E-state index contributed by atoms with van der Waals surface area (Å²) in [5.74, 6) is -1.00. The van der Waals surface area contributed by atoms with Crippen LogP contribution in [-0.2, 0) is 0 Å². The topological polar surface area (TPSA) is 38.9 Å².